The second kappa shape index (κ2) is 4.39. The minimum Gasteiger partial charge on any atom is -0.459 e. The van der Waals surface area contributed by atoms with Crippen molar-refractivity contribution in [2.75, 3.05) is 11.9 Å². The van der Waals surface area contributed by atoms with Crippen molar-refractivity contribution in [2.45, 2.75) is 25.8 Å². The fourth-order valence-corrected chi connectivity index (χ4v) is 2.66. The number of alkyl halides is 1. The molecule has 1 saturated heterocycles. The van der Waals surface area contributed by atoms with Crippen LogP contribution in [0.15, 0.2) is 16.7 Å². The maximum atomic E-state index is 12.1. The van der Waals surface area contributed by atoms with Gasteiger partial charge in [-0.1, -0.05) is 15.9 Å². The van der Waals surface area contributed by atoms with E-state index in [1.165, 1.54) is 0 Å². The number of likely N-dealkylation sites (tertiary alicyclic amines) is 1. The highest BCUT2D eigenvalue weighted by molar-refractivity contribution is 9.09. The molecule has 1 fully saturated rings. The molecule has 0 radical (unpaired) electrons. The smallest absolute Gasteiger partial charge is 0.290 e. The lowest BCUT2D eigenvalue weighted by molar-refractivity contribution is 0.0717. The summed E-state index contributed by atoms with van der Waals surface area (Å²) in [6, 6.07) is 2.15. The molecule has 1 amide bonds. The van der Waals surface area contributed by atoms with Gasteiger partial charge in [-0.15, -0.1) is 0 Å². The highest BCUT2D eigenvalue weighted by Gasteiger charge is 2.30. The third kappa shape index (κ3) is 1.95. The summed E-state index contributed by atoms with van der Waals surface area (Å²) in [5, 5.41) is 0.846. The van der Waals surface area contributed by atoms with Gasteiger partial charge in [0.25, 0.3) is 5.91 Å². The summed E-state index contributed by atoms with van der Waals surface area (Å²) < 4.78 is 5.22. The van der Waals surface area contributed by atoms with E-state index in [0.29, 0.717) is 11.8 Å². The van der Waals surface area contributed by atoms with Crippen LogP contribution in [0.2, 0.25) is 0 Å². The van der Waals surface area contributed by atoms with Crippen molar-refractivity contribution >= 4 is 21.8 Å². The number of nitrogens with zero attached hydrogens (tertiary/aromatic N) is 1. The van der Waals surface area contributed by atoms with Gasteiger partial charge in [-0.05, 0) is 25.8 Å². The van der Waals surface area contributed by atoms with E-state index in [2.05, 4.69) is 15.9 Å². The van der Waals surface area contributed by atoms with Gasteiger partial charge in [0.1, 0.15) is 0 Å². The summed E-state index contributed by atoms with van der Waals surface area (Å²) in [6.45, 7) is 2.74. The first-order chi connectivity index (χ1) is 7.24. The lowest BCUT2D eigenvalue weighted by Crippen LogP contribution is -2.36. The van der Waals surface area contributed by atoms with Gasteiger partial charge in [0.15, 0.2) is 5.76 Å². The van der Waals surface area contributed by atoms with E-state index in [-0.39, 0.29) is 5.91 Å². The molecule has 1 aromatic heterocycles. The van der Waals surface area contributed by atoms with Crippen LogP contribution in [0.4, 0.5) is 0 Å². The number of hydrogen-bond acceptors (Lipinski definition) is 2. The van der Waals surface area contributed by atoms with Gasteiger partial charge in [0.05, 0.1) is 6.26 Å². The molecule has 15 heavy (non-hydrogen) atoms. The van der Waals surface area contributed by atoms with E-state index < -0.39 is 0 Å². The minimum atomic E-state index is 0.0273. The molecule has 82 valence electrons. The molecule has 4 heteroatoms. The highest BCUT2D eigenvalue weighted by atomic mass is 79.9. The third-order valence-electron chi connectivity index (χ3n) is 2.87. The van der Waals surface area contributed by atoms with Gasteiger partial charge in [0.2, 0.25) is 0 Å². The molecule has 1 atom stereocenters. The van der Waals surface area contributed by atoms with Gasteiger partial charge in [-0.25, -0.2) is 0 Å². The second-order valence-corrected chi connectivity index (χ2v) is 4.53. The molecule has 0 aromatic carbocycles. The van der Waals surface area contributed by atoms with Crippen LogP contribution in [-0.4, -0.2) is 28.7 Å². The topological polar surface area (TPSA) is 33.5 Å². The molecule has 0 bridgehead atoms. The molecule has 0 saturated carbocycles. The van der Waals surface area contributed by atoms with E-state index in [0.717, 1.165) is 30.3 Å². The first kappa shape index (κ1) is 10.7. The number of hydrogen-bond donors (Lipinski definition) is 0. The summed E-state index contributed by atoms with van der Waals surface area (Å²) in [6.07, 6.45) is 3.74. The normalized spacial score (nSPS) is 20.9. The van der Waals surface area contributed by atoms with Crippen LogP contribution in [0.1, 0.15) is 29.0 Å². The van der Waals surface area contributed by atoms with Crippen LogP contribution in [-0.2, 0) is 0 Å². The Morgan fingerprint density at radius 3 is 3.13 bits per heavy atom. The van der Waals surface area contributed by atoms with Crippen LogP contribution in [0.25, 0.3) is 0 Å². The molecular weight excluding hydrogens is 258 g/mol. The molecular formula is C11H14BrNO2. The Labute approximate surface area is 97.6 Å². The zero-order valence-corrected chi connectivity index (χ0v) is 10.3. The molecule has 3 nitrogen and oxygen atoms in total. The predicted molar refractivity (Wildman–Crippen MR) is 61.3 cm³/mol. The van der Waals surface area contributed by atoms with Crippen molar-refractivity contribution in [2.24, 2.45) is 0 Å². The average Bonchev–Trinajstić information content (AvgIpc) is 2.84. The van der Waals surface area contributed by atoms with Crippen molar-refractivity contribution in [3.8, 4) is 0 Å². The maximum Gasteiger partial charge on any atom is 0.290 e. The summed E-state index contributed by atoms with van der Waals surface area (Å²) in [4.78, 5) is 14.0. The van der Waals surface area contributed by atoms with Crippen molar-refractivity contribution in [3.05, 3.63) is 23.7 Å². The van der Waals surface area contributed by atoms with Crippen molar-refractivity contribution in [1.82, 2.24) is 4.90 Å². The van der Waals surface area contributed by atoms with Gasteiger partial charge < -0.3 is 9.32 Å². The molecule has 2 heterocycles. The van der Waals surface area contributed by atoms with Crippen LogP contribution in [0.5, 0.6) is 0 Å². The Bertz CT molecular complexity index is 361. The molecule has 0 spiro atoms. The second-order valence-electron chi connectivity index (χ2n) is 3.88. The number of furan rings is 1. The molecule has 1 aliphatic rings. The molecule has 2 rings (SSSR count). The van der Waals surface area contributed by atoms with E-state index in [4.69, 9.17) is 4.42 Å². The van der Waals surface area contributed by atoms with Crippen molar-refractivity contribution < 1.29 is 9.21 Å². The van der Waals surface area contributed by atoms with Crippen LogP contribution in [0.3, 0.4) is 0 Å². The lowest BCUT2D eigenvalue weighted by Gasteiger charge is -2.22. The Morgan fingerprint density at radius 2 is 2.53 bits per heavy atom. The highest BCUT2D eigenvalue weighted by Crippen LogP contribution is 2.22. The lowest BCUT2D eigenvalue weighted by atomic mass is 10.2. The third-order valence-corrected chi connectivity index (χ3v) is 3.62. The monoisotopic (exact) mass is 271 g/mol. The number of carbonyl (C=O) groups excluding carboxylic acids is 1. The predicted octanol–water partition coefficient (Wildman–Crippen LogP) is 2.59. The number of amides is 1. The van der Waals surface area contributed by atoms with Gasteiger partial charge in [-0.2, -0.15) is 0 Å². The zero-order valence-electron chi connectivity index (χ0n) is 8.70. The molecule has 0 aliphatic carbocycles. The maximum absolute atomic E-state index is 12.1. The summed E-state index contributed by atoms with van der Waals surface area (Å²) in [7, 11) is 0. The minimum absolute atomic E-state index is 0.0273. The number of halogens is 1. The Kier molecular flexibility index (Phi) is 3.14. The summed E-state index contributed by atoms with van der Waals surface area (Å²) >= 11 is 3.44. The average molecular weight is 272 g/mol. The van der Waals surface area contributed by atoms with Crippen molar-refractivity contribution in [3.63, 3.8) is 0 Å². The Hall–Kier alpha value is -0.770. The largest absolute Gasteiger partial charge is 0.459 e. The van der Waals surface area contributed by atoms with Gasteiger partial charge in [0, 0.05) is 23.5 Å². The Balaban J connectivity index is 2.18. The molecule has 1 aliphatic heterocycles. The van der Waals surface area contributed by atoms with E-state index in [1.807, 2.05) is 17.9 Å². The van der Waals surface area contributed by atoms with Gasteiger partial charge >= 0.3 is 0 Å². The number of aryl methyl sites for hydroxylation is 1. The fourth-order valence-electron chi connectivity index (χ4n) is 1.99. The quantitative estimate of drug-likeness (QED) is 0.775. The SMILES string of the molecule is Cc1ccoc1C(=O)N1CCCC1CBr. The first-order valence-electron chi connectivity index (χ1n) is 5.15. The van der Waals surface area contributed by atoms with E-state index in [9.17, 15) is 4.79 Å². The van der Waals surface area contributed by atoms with Crippen LogP contribution < -0.4 is 0 Å². The number of carbonyl (C=O) groups is 1. The molecule has 1 unspecified atom stereocenters. The zero-order chi connectivity index (χ0) is 10.8. The van der Waals surface area contributed by atoms with Crippen LogP contribution >= 0.6 is 15.9 Å². The van der Waals surface area contributed by atoms with Crippen LogP contribution in [0, 0.1) is 6.92 Å². The molecule has 0 N–H and O–H groups in total. The summed E-state index contributed by atoms with van der Waals surface area (Å²) in [5.74, 6) is 0.516. The summed E-state index contributed by atoms with van der Waals surface area (Å²) in [5.41, 5.74) is 0.917. The fraction of sp³-hybridized carbons (Fsp3) is 0.545. The molecule has 1 aromatic rings. The Morgan fingerprint density at radius 1 is 1.73 bits per heavy atom. The van der Waals surface area contributed by atoms with E-state index >= 15 is 0 Å². The number of rotatable bonds is 2. The van der Waals surface area contributed by atoms with Gasteiger partial charge in [-0.3, -0.25) is 4.79 Å². The first-order valence-corrected chi connectivity index (χ1v) is 6.27. The van der Waals surface area contributed by atoms with E-state index in [1.54, 1.807) is 6.26 Å². The standard InChI is InChI=1S/C11H14BrNO2/c1-8-4-6-15-10(8)11(14)13-5-2-3-9(13)7-12/h4,6,9H,2-3,5,7H2,1H3. The van der Waals surface area contributed by atoms with Crippen molar-refractivity contribution in [1.29, 1.82) is 0 Å².